The van der Waals surface area contributed by atoms with Gasteiger partial charge in [0, 0.05) is 0 Å². The van der Waals surface area contributed by atoms with Crippen molar-refractivity contribution in [1.82, 2.24) is 4.72 Å². The minimum atomic E-state index is 0.444. The van der Waals surface area contributed by atoms with Crippen LogP contribution in [0.1, 0.15) is 0 Å². The van der Waals surface area contributed by atoms with Gasteiger partial charge >= 0.3 is 0 Å². The van der Waals surface area contributed by atoms with Gasteiger partial charge < -0.3 is 4.72 Å². The van der Waals surface area contributed by atoms with E-state index in [0.29, 0.717) is 5.84 Å². The summed E-state index contributed by atoms with van der Waals surface area (Å²) in [5.41, 5.74) is 0. The molecule has 0 spiro atoms. The molecular formula is C5H6N2S. The maximum Gasteiger partial charge on any atom is 0.128 e. The first-order chi connectivity index (χ1) is 3.89. The second-order valence-electron chi connectivity index (χ2n) is 1.32. The number of allylic oxidation sites excluding steroid dienone is 2. The van der Waals surface area contributed by atoms with E-state index >= 15 is 0 Å². The van der Waals surface area contributed by atoms with Crippen molar-refractivity contribution < 1.29 is 0 Å². The summed E-state index contributed by atoms with van der Waals surface area (Å²) in [5.74, 6) is 0.444. The lowest BCUT2D eigenvalue weighted by molar-refractivity contribution is 1.40. The molecule has 2 nitrogen and oxygen atoms in total. The Hall–Kier alpha value is -0.700. The van der Waals surface area contributed by atoms with Gasteiger partial charge in [0.2, 0.25) is 0 Å². The van der Waals surface area contributed by atoms with Crippen LogP contribution in [-0.4, -0.2) is 5.84 Å². The SMILES string of the molecule is N=C1C=CC=CSN1. The summed E-state index contributed by atoms with van der Waals surface area (Å²) in [6, 6.07) is 0. The summed E-state index contributed by atoms with van der Waals surface area (Å²) in [5, 5.41) is 8.96. The monoisotopic (exact) mass is 126 g/mol. The van der Waals surface area contributed by atoms with Gasteiger partial charge in [-0.15, -0.1) is 0 Å². The van der Waals surface area contributed by atoms with Crippen LogP contribution in [-0.2, 0) is 0 Å². The summed E-state index contributed by atoms with van der Waals surface area (Å²) in [7, 11) is 0. The minimum absolute atomic E-state index is 0.444. The summed E-state index contributed by atoms with van der Waals surface area (Å²) in [6.07, 6.45) is 5.42. The van der Waals surface area contributed by atoms with Gasteiger partial charge in [0.05, 0.1) is 0 Å². The first-order valence-corrected chi connectivity index (χ1v) is 3.11. The van der Waals surface area contributed by atoms with Gasteiger partial charge in [-0.05, 0) is 23.4 Å². The van der Waals surface area contributed by atoms with E-state index in [1.165, 1.54) is 11.9 Å². The molecule has 2 N–H and O–H groups in total. The molecule has 0 aromatic heterocycles. The number of amidine groups is 1. The van der Waals surface area contributed by atoms with Crippen molar-refractivity contribution in [1.29, 1.82) is 5.41 Å². The maximum absolute atomic E-state index is 7.07. The van der Waals surface area contributed by atoms with E-state index in [9.17, 15) is 0 Å². The van der Waals surface area contributed by atoms with Crippen LogP contribution in [0.2, 0.25) is 0 Å². The molecule has 0 aromatic carbocycles. The first-order valence-electron chi connectivity index (χ1n) is 2.23. The molecule has 0 saturated heterocycles. The topological polar surface area (TPSA) is 35.9 Å². The molecular weight excluding hydrogens is 120 g/mol. The zero-order valence-corrected chi connectivity index (χ0v) is 5.03. The first kappa shape index (κ1) is 5.44. The van der Waals surface area contributed by atoms with Gasteiger partial charge in [0.1, 0.15) is 5.84 Å². The standard InChI is InChI=1S/C5H6N2S/c6-5-3-1-2-4-8-7-5/h1-4H,(H2,6,7). The van der Waals surface area contributed by atoms with Crippen LogP contribution in [0.25, 0.3) is 0 Å². The second kappa shape index (κ2) is 2.57. The summed E-state index contributed by atoms with van der Waals surface area (Å²) in [4.78, 5) is 0. The van der Waals surface area contributed by atoms with Gasteiger partial charge in [0.15, 0.2) is 0 Å². The molecule has 0 aliphatic carbocycles. The largest absolute Gasteiger partial charge is 0.311 e. The van der Waals surface area contributed by atoms with Crippen molar-refractivity contribution in [3.05, 3.63) is 23.6 Å². The lowest BCUT2D eigenvalue weighted by atomic mass is 10.5. The van der Waals surface area contributed by atoms with Gasteiger partial charge in [0.25, 0.3) is 0 Å². The van der Waals surface area contributed by atoms with Crippen molar-refractivity contribution in [2.45, 2.75) is 0 Å². The van der Waals surface area contributed by atoms with E-state index in [1.54, 1.807) is 6.08 Å². The third kappa shape index (κ3) is 1.42. The molecule has 0 fully saturated rings. The van der Waals surface area contributed by atoms with Crippen molar-refractivity contribution in [3.63, 3.8) is 0 Å². The van der Waals surface area contributed by atoms with E-state index in [4.69, 9.17) is 5.41 Å². The fourth-order valence-electron chi connectivity index (χ4n) is 0.368. The molecule has 42 valence electrons. The van der Waals surface area contributed by atoms with Crippen LogP contribution in [0.4, 0.5) is 0 Å². The van der Waals surface area contributed by atoms with Crippen LogP contribution in [0.5, 0.6) is 0 Å². The number of hydrogen-bond acceptors (Lipinski definition) is 2. The molecule has 0 unspecified atom stereocenters. The average molecular weight is 126 g/mol. The third-order valence-corrected chi connectivity index (χ3v) is 1.32. The number of nitrogens with one attached hydrogen (secondary N) is 2. The lowest BCUT2D eigenvalue weighted by Gasteiger charge is -1.92. The van der Waals surface area contributed by atoms with Crippen LogP contribution >= 0.6 is 11.9 Å². The fourth-order valence-corrected chi connectivity index (χ4v) is 0.800. The fraction of sp³-hybridized carbons (Fsp3) is 0. The molecule has 1 rings (SSSR count). The van der Waals surface area contributed by atoms with Gasteiger partial charge in [-0.2, -0.15) is 0 Å². The highest BCUT2D eigenvalue weighted by molar-refractivity contribution is 8.00. The summed E-state index contributed by atoms with van der Waals surface area (Å²) >= 11 is 1.41. The van der Waals surface area contributed by atoms with Crippen molar-refractivity contribution >= 4 is 17.8 Å². The smallest absolute Gasteiger partial charge is 0.128 e. The Bertz CT molecular complexity index is 149. The van der Waals surface area contributed by atoms with E-state index in [2.05, 4.69) is 4.72 Å². The average Bonchev–Trinajstić information content (AvgIpc) is 1.94. The Morgan fingerprint density at radius 2 is 2.38 bits per heavy atom. The number of hydrogen-bond donors (Lipinski definition) is 2. The molecule has 8 heavy (non-hydrogen) atoms. The molecule has 0 radical (unpaired) electrons. The molecule has 0 atom stereocenters. The Labute approximate surface area is 52.3 Å². The van der Waals surface area contributed by atoms with Crippen LogP contribution in [0.3, 0.4) is 0 Å². The molecule has 0 aromatic rings. The molecule has 1 aliphatic heterocycles. The zero-order valence-electron chi connectivity index (χ0n) is 4.22. The molecule has 1 heterocycles. The maximum atomic E-state index is 7.07. The quantitative estimate of drug-likeness (QED) is 0.480. The predicted octanol–water partition coefficient (Wildman–Crippen LogP) is 1.28. The molecule has 0 amide bonds. The Morgan fingerprint density at radius 1 is 1.50 bits per heavy atom. The highest BCUT2D eigenvalue weighted by atomic mass is 32.2. The summed E-state index contributed by atoms with van der Waals surface area (Å²) in [6.45, 7) is 0. The Balaban J connectivity index is 2.58. The third-order valence-electron chi connectivity index (χ3n) is 0.689. The van der Waals surface area contributed by atoms with E-state index in [1.807, 2.05) is 17.6 Å². The van der Waals surface area contributed by atoms with Crippen LogP contribution < -0.4 is 4.72 Å². The molecule has 0 bridgehead atoms. The molecule has 0 saturated carbocycles. The Kier molecular flexibility index (Phi) is 1.75. The van der Waals surface area contributed by atoms with E-state index in [0.717, 1.165) is 0 Å². The Morgan fingerprint density at radius 3 is 3.25 bits per heavy atom. The van der Waals surface area contributed by atoms with E-state index < -0.39 is 0 Å². The second-order valence-corrected chi connectivity index (χ2v) is 2.03. The molecule has 3 heteroatoms. The van der Waals surface area contributed by atoms with Crippen LogP contribution in [0, 0.1) is 5.41 Å². The van der Waals surface area contributed by atoms with Gasteiger partial charge in [-0.1, -0.05) is 12.2 Å². The zero-order chi connectivity index (χ0) is 5.82. The highest BCUT2D eigenvalue weighted by Crippen LogP contribution is 1.99. The minimum Gasteiger partial charge on any atom is -0.311 e. The summed E-state index contributed by atoms with van der Waals surface area (Å²) < 4.78 is 2.77. The number of rotatable bonds is 0. The van der Waals surface area contributed by atoms with Gasteiger partial charge in [-0.3, -0.25) is 5.41 Å². The van der Waals surface area contributed by atoms with E-state index in [-0.39, 0.29) is 0 Å². The normalized spacial score (nSPS) is 17.8. The van der Waals surface area contributed by atoms with Gasteiger partial charge in [-0.25, -0.2) is 0 Å². The lowest BCUT2D eigenvalue weighted by Crippen LogP contribution is -2.08. The predicted molar refractivity (Wildman–Crippen MR) is 36.7 cm³/mol. The van der Waals surface area contributed by atoms with Crippen molar-refractivity contribution in [2.75, 3.05) is 0 Å². The highest BCUT2D eigenvalue weighted by Gasteiger charge is 1.87. The van der Waals surface area contributed by atoms with Crippen LogP contribution in [0.15, 0.2) is 23.6 Å². The van der Waals surface area contributed by atoms with Crippen molar-refractivity contribution in [3.8, 4) is 0 Å². The van der Waals surface area contributed by atoms with Crippen molar-refractivity contribution in [2.24, 2.45) is 0 Å². The molecule has 1 aliphatic rings.